The van der Waals surface area contributed by atoms with Crippen LogP contribution in [-0.2, 0) is 0 Å². The van der Waals surface area contributed by atoms with Crippen LogP contribution in [-0.4, -0.2) is 22.7 Å². The lowest BCUT2D eigenvalue weighted by Gasteiger charge is -2.16. The zero-order valence-electron chi connectivity index (χ0n) is 10.0. The average Bonchev–Trinajstić information content (AvgIpc) is 2.85. The number of aryl methyl sites for hydroxylation is 1. The van der Waals surface area contributed by atoms with Gasteiger partial charge in [-0.1, -0.05) is 6.07 Å². The zero-order chi connectivity index (χ0) is 13.1. The molecule has 96 valence electrons. The standard InChI is InChI=1S/C12H13F2N3O/c1-7-3-4-9(12-17-15-6-18-12)5-10(7)16-8(2)11(13)14/h3-6,8,11,16H,1-2H3. The van der Waals surface area contributed by atoms with Crippen LogP contribution >= 0.6 is 0 Å². The molecular weight excluding hydrogens is 240 g/mol. The fourth-order valence-electron chi connectivity index (χ4n) is 1.52. The first-order chi connectivity index (χ1) is 8.58. The number of alkyl halides is 2. The summed E-state index contributed by atoms with van der Waals surface area (Å²) in [6.07, 6.45) is -1.19. The van der Waals surface area contributed by atoms with Crippen molar-refractivity contribution in [1.29, 1.82) is 0 Å². The Hall–Kier alpha value is -1.98. The summed E-state index contributed by atoms with van der Waals surface area (Å²) in [7, 11) is 0. The van der Waals surface area contributed by atoms with Gasteiger partial charge in [0.1, 0.15) is 0 Å². The number of benzene rings is 1. The molecule has 0 aliphatic carbocycles. The van der Waals surface area contributed by atoms with Crippen molar-refractivity contribution in [2.24, 2.45) is 0 Å². The third-order valence-electron chi connectivity index (χ3n) is 2.61. The predicted molar refractivity (Wildman–Crippen MR) is 63.6 cm³/mol. The van der Waals surface area contributed by atoms with Crippen molar-refractivity contribution in [3.8, 4) is 11.5 Å². The zero-order valence-corrected chi connectivity index (χ0v) is 10.0. The number of rotatable bonds is 4. The molecule has 1 aromatic carbocycles. The van der Waals surface area contributed by atoms with E-state index in [0.29, 0.717) is 17.1 Å². The molecule has 0 bridgehead atoms. The monoisotopic (exact) mass is 253 g/mol. The van der Waals surface area contributed by atoms with Gasteiger partial charge in [-0.2, -0.15) is 0 Å². The summed E-state index contributed by atoms with van der Waals surface area (Å²) in [4.78, 5) is 0. The van der Waals surface area contributed by atoms with E-state index in [0.717, 1.165) is 5.56 Å². The van der Waals surface area contributed by atoms with Gasteiger partial charge in [-0.05, 0) is 31.5 Å². The topological polar surface area (TPSA) is 51.0 Å². The lowest BCUT2D eigenvalue weighted by molar-refractivity contribution is 0.130. The van der Waals surface area contributed by atoms with Gasteiger partial charge in [0, 0.05) is 11.3 Å². The van der Waals surface area contributed by atoms with E-state index in [2.05, 4.69) is 15.5 Å². The molecule has 4 nitrogen and oxygen atoms in total. The van der Waals surface area contributed by atoms with Crippen molar-refractivity contribution in [2.75, 3.05) is 5.32 Å². The molecule has 0 aliphatic rings. The second kappa shape index (κ2) is 5.12. The van der Waals surface area contributed by atoms with E-state index >= 15 is 0 Å². The number of anilines is 1. The molecule has 6 heteroatoms. The van der Waals surface area contributed by atoms with E-state index in [4.69, 9.17) is 4.42 Å². The quantitative estimate of drug-likeness (QED) is 0.909. The molecule has 0 spiro atoms. The fraction of sp³-hybridized carbons (Fsp3) is 0.333. The number of aromatic nitrogens is 2. The molecule has 0 amide bonds. The van der Waals surface area contributed by atoms with Crippen molar-refractivity contribution in [3.05, 3.63) is 30.2 Å². The van der Waals surface area contributed by atoms with Gasteiger partial charge in [-0.25, -0.2) is 8.78 Å². The first-order valence-corrected chi connectivity index (χ1v) is 5.50. The normalized spacial score (nSPS) is 12.7. The number of hydrogen-bond acceptors (Lipinski definition) is 4. The van der Waals surface area contributed by atoms with Crippen LogP contribution in [0.25, 0.3) is 11.5 Å². The largest absolute Gasteiger partial charge is 0.423 e. The summed E-state index contributed by atoms with van der Waals surface area (Å²) in [6.45, 7) is 3.28. The Balaban J connectivity index is 2.27. The van der Waals surface area contributed by atoms with Crippen LogP contribution < -0.4 is 5.32 Å². The first-order valence-electron chi connectivity index (χ1n) is 5.50. The summed E-state index contributed by atoms with van der Waals surface area (Å²) in [5.41, 5.74) is 2.21. The number of nitrogens with zero attached hydrogens (tertiary/aromatic N) is 2. The maximum atomic E-state index is 12.5. The molecule has 1 aromatic heterocycles. The van der Waals surface area contributed by atoms with Gasteiger partial charge in [-0.15, -0.1) is 10.2 Å². The van der Waals surface area contributed by atoms with Crippen LogP contribution in [0, 0.1) is 6.92 Å². The molecular formula is C12H13F2N3O. The van der Waals surface area contributed by atoms with Crippen LogP contribution in [0.5, 0.6) is 0 Å². The first kappa shape index (κ1) is 12.5. The van der Waals surface area contributed by atoms with E-state index in [-0.39, 0.29) is 0 Å². The second-order valence-corrected chi connectivity index (χ2v) is 4.04. The van der Waals surface area contributed by atoms with E-state index in [1.807, 2.05) is 13.0 Å². The second-order valence-electron chi connectivity index (χ2n) is 4.04. The Labute approximate surface area is 103 Å². The highest BCUT2D eigenvalue weighted by Crippen LogP contribution is 2.25. The average molecular weight is 253 g/mol. The molecule has 1 unspecified atom stereocenters. The van der Waals surface area contributed by atoms with Crippen LogP contribution in [0.4, 0.5) is 14.5 Å². The van der Waals surface area contributed by atoms with Crippen LogP contribution in [0.3, 0.4) is 0 Å². The molecule has 0 saturated heterocycles. The molecule has 2 aromatic rings. The van der Waals surface area contributed by atoms with Gasteiger partial charge in [0.15, 0.2) is 0 Å². The van der Waals surface area contributed by atoms with Gasteiger partial charge in [-0.3, -0.25) is 0 Å². The maximum Gasteiger partial charge on any atom is 0.258 e. The summed E-state index contributed by atoms with van der Waals surface area (Å²) < 4.78 is 30.1. The lowest BCUT2D eigenvalue weighted by atomic mass is 10.1. The maximum absolute atomic E-state index is 12.5. The molecule has 1 heterocycles. The Kier molecular flexibility index (Phi) is 3.55. The number of hydrogen-bond donors (Lipinski definition) is 1. The molecule has 0 saturated carbocycles. The summed E-state index contributed by atoms with van der Waals surface area (Å²) >= 11 is 0. The summed E-state index contributed by atoms with van der Waals surface area (Å²) in [6, 6.07) is 4.43. The number of nitrogens with one attached hydrogen (secondary N) is 1. The minimum absolute atomic E-state index is 0.364. The molecule has 0 aliphatic heterocycles. The van der Waals surface area contributed by atoms with Crippen molar-refractivity contribution in [2.45, 2.75) is 26.3 Å². The van der Waals surface area contributed by atoms with Gasteiger partial charge >= 0.3 is 0 Å². The Bertz CT molecular complexity index is 514. The molecule has 18 heavy (non-hydrogen) atoms. The van der Waals surface area contributed by atoms with Crippen molar-refractivity contribution in [1.82, 2.24) is 10.2 Å². The van der Waals surface area contributed by atoms with Gasteiger partial charge in [0.2, 0.25) is 12.3 Å². The third kappa shape index (κ3) is 2.64. The number of halogens is 2. The molecule has 0 fully saturated rings. The smallest absolute Gasteiger partial charge is 0.258 e. The van der Waals surface area contributed by atoms with Crippen LogP contribution in [0.1, 0.15) is 12.5 Å². The van der Waals surface area contributed by atoms with E-state index in [1.165, 1.54) is 13.3 Å². The van der Waals surface area contributed by atoms with E-state index < -0.39 is 12.5 Å². The molecule has 1 N–H and O–H groups in total. The highest BCUT2D eigenvalue weighted by atomic mass is 19.3. The van der Waals surface area contributed by atoms with Gasteiger partial charge in [0.05, 0.1) is 6.04 Å². The Morgan fingerprint density at radius 1 is 1.33 bits per heavy atom. The van der Waals surface area contributed by atoms with Crippen LogP contribution in [0.2, 0.25) is 0 Å². The van der Waals surface area contributed by atoms with Crippen molar-refractivity contribution >= 4 is 5.69 Å². The van der Waals surface area contributed by atoms with E-state index in [1.54, 1.807) is 12.1 Å². The summed E-state index contributed by atoms with van der Waals surface area (Å²) in [5.74, 6) is 0.364. The highest BCUT2D eigenvalue weighted by Gasteiger charge is 2.15. The van der Waals surface area contributed by atoms with Crippen LogP contribution in [0.15, 0.2) is 29.0 Å². The predicted octanol–water partition coefficient (Wildman–Crippen LogP) is 3.11. The van der Waals surface area contributed by atoms with Gasteiger partial charge < -0.3 is 9.73 Å². The Morgan fingerprint density at radius 3 is 2.72 bits per heavy atom. The van der Waals surface area contributed by atoms with Gasteiger partial charge in [0.25, 0.3) is 6.43 Å². The fourth-order valence-corrected chi connectivity index (χ4v) is 1.52. The lowest BCUT2D eigenvalue weighted by Crippen LogP contribution is -2.24. The van der Waals surface area contributed by atoms with Crippen molar-refractivity contribution < 1.29 is 13.2 Å². The molecule has 2 rings (SSSR count). The Morgan fingerprint density at radius 2 is 2.11 bits per heavy atom. The molecule has 0 radical (unpaired) electrons. The van der Waals surface area contributed by atoms with E-state index in [9.17, 15) is 8.78 Å². The molecule has 1 atom stereocenters. The highest BCUT2D eigenvalue weighted by molar-refractivity contribution is 5.64. The minimum atomic E-state index is -2.42. The minimum Gasteiger partial charge on any atom is -0.423 e. The summed E-state index contributed by atoms with van der Waals surface area (Å²) in [5, 5.41) is 10.1. The SMILES string of the molecule is Cc1ccc(-c2nnco2)cc1NC(C)C(F)F. The third-order valence-corrected chi connectivity index (χ3v) is 2.61. The van der Waals surface area contributed by atoms with Crippen molar-refractivity contribution in [3.63, 3.8) is 0 Å².